The number of benzene rings is 1. The van der Waals surface area contributed by atoms with Crippen LogP contribution in [0.3, 0.4) is 0 Å². The van der Waals surface area contributed by atoms with E-state index in [4.69, 9.17) is 0 Å². The van der Waals surface area contributed by atoms with E-state index in [2.05, 4.69) is 0 Å². The van der Waals surface area contributed by atoms with Crippen LogP contribution in [0, 0.1) is 18.6 Å². The van der Waals surface area contributed by atoms with Gasteiger partial charge in [0.15, 0.2) is 11.6 Å². The van der Waals surface area contributed by atoms with Crippen molar-refractivity contribution in [3.8, 4) is 0 Å². The third-order valence-electron chi connectivity index (χ3n) is 2.66. The van der Waals surface area contributed by atoms with E-state index in [0.29, 0.717) is 5.56 Å². The van der Waals surface area contributed by atoms with Crippen LogP contribution in [0.5, 0.6) is 0 Å². The van der Waals surface area contributed by atoms with Crippen molar-refractivity contribution < 1.29 is 8.78 Å². The number of halogens is 2. The standard InChI is InChI=1S/C13H18F2/c1-7(2)11-9(5)6-10(14)13(15)12(11)8(3)4/h6-8H,1-5H3. The van der Waals surface area contributed by atoms with E-state index in [1.165, 1.54) is 6.07 Å². The first-order valence-corrected chi connectivity index (χ1v) is 5.34. The number of hydrogen-bond donors (Lipinski definition) is 0. The van der Waals surface area contributed by atoms with Crippen molar-refractivity contribution in [2.45, 2.75) is 46.5 Å². The van der Waals surface area contributed by atoms with Crippen LogP contribution in [0.4, 0.5) is 8.78 Å². The Bertz CT molecular complexity index is 365. The molecule has 0 aliphatic heterocycles. The van der Waals surface area contributed by atoms with Gasteiger partial charge in [0.2, 0.25) is 0 Å². The molecule has 0 heterocycles. The summed E-state index contributed by atoms with van der Waals surface area (Å²) in [5.74, 6) is -1.19. The first kappa shape index (κ1) is 12.2. The molecule has 1 aromatic rings. The van der Waals surface area contributed by atoms with Crippen molar-refractivity contribution in [2.24, 2.45) is 0 Å². The van der Waals surface area contributed by atoms with Crippen molar-refractivity contribution in [2.75, 3.05) is 0 Å². The molecule has 2 heteroatoms. The molecular weight excluding hydrogens is 194 g/mol. The Kier molecular flexibility index (Phi) is 3.48. The number of hydrogen-bond acceptors (Lipinski definition) is 0. The second-order valence-corrected chi connectivity index (χ2v) is 4.63. The highest BCUT2D eigenvalue weighted by atomic mass is 19.2. The van der Waals surface area contributed by atoms with Crippen LogP contribution >= 0.6 is 0 Å². The molecule has 0 spiro atoms. The molecule has 0 aliphatic rings. The number of aryl methyl sites for hydroxylation is 1. The summed E-state index contributed by atoms with van der Waals surface area (Å²) in [6, 6.07) is 1.29. The monoisotopic (exact) mass is 212 g/mol. The van der Waals surface area contributed by atoms with Gasteiger partial charge in [-0.3, -0.25) is 0 Å². The van der Waals surface area contributed by atoms with Crippen LogP contribution in [-0.4, -0.2) is 0 Å². The summed E-state index contributed by atoms with van der Waals surface area (Å²) in [5, 5.41) is 0. The largest absolute Gasteiger partial charge is 0.204 e. The molecule has 0 atom stereocenters. The molecule has 0 aromatic heterocycles. The maximum Gasteiger partial charge on any atom is 0.162 e. The minimum Gasteiger partial charge on any atom is -0.204 e. The molecule has 1 rings (SSSR count). The van der Waals surface area contributed by atoms with Crippen molar-refractivity contribution in [3.05, 3.63) is 34.4 Å². The van der Waals surface area contributed by atoms with Crippen LogP contribution < -0.4 is 0 Å². The SMILES string of the molecule is Cc1cc(F)c(F)c(C(C)C)c1C(C)C. The highest BCUT2D eigenvalue weighted by Crippen LogP contribution is 2.32. The van der Waals surface area contributed by atoms with Crippen LogP contribution in [0.25, 0.3) is 0 Å². The fourth-order valence-corrected chi connectivity index (χ4v) is 2.12. The van der Waals surface area contributed by atoms with E-state index in [1.54, 1.807) is 0 Å². The first-order chi connectivity index (χ1) is 6.86. The minimum absolute atomic E-state index is 0.0109. The summed E-state index contributed by atoms with van der Waals surface area (Å²) in [5.41, 5.74) is 2.32. The molecule has 0 nitrogen and oxygen atoms in total. The highest BCUT2D eigenvalue weighted by Gasteiger charge is 2.20. The van der Waals surface area contributed by atoms with E-state index in [0.717, 1.165) is 11.1 Å². The van der Waals surface area contributed by atoms with E-state index < -0.39 is 11.6 Å². The van der Waals surface area contributed by atoms with Gasteiger partial charge < -0.3 is 0 Å². The Balaban J connectivity index is 3.54. The van der Waals surface area contributed by atoms with Crippen LogP contribution in [-0.2, 0) is 0 Å². The molecule has 0 radical (unpaired) electrons. The highest BCUT2D eigenvalue weighted by molar-refractivity contribution is 5.40. The van der Waals surface area contributed by atoms with Gasteiger partial charge >= 0.3 is 0 Å². The zero-order valence-electron chi connectivity index (χ0n) is 9.99. The quantitative estimate of drug-likeness (QED) is 0.676. The lowest BCUT2D eigenvalue weighted by Gasteiger charge is -2.19. The van der Waals surface area contributed by atoms with E-state index in [-0.39, 0.29) is 11.8 Å². The average Bonchev–Trinajstić information content (AvgIpc) is 2.09. The topological polar surface area (TPSA) is 0 Å². The molecular formula is C13H18F2. The van der Waals surface area contributed by atoms with Crippen LogP contribution in [0.1, 0.15) is 56.2 Å². The molecule has 0 saturated carbocycles. The van der Waals surface area contributed by atoms with E-state index in [1.807, 2.05) is 34.6 Å². The summed E-state index contributed by atoms with van der Waals surface area (Å²) in [7, 11) is 0. The fourth-order valence-electron chi connectivity index (χ4n) is 2.12. The lowest BCUT2D eigenvalue weighted by Crippen LogP contribution is -2.07. The Labute approximate surface area is 90.3 Å². The molecule has 84 valence electrons. The van der Waals surface area contributed by atoms with Gasteiger partial charge in [0.1, 0.15) is 0 Å². The molecule has 0 fully saturated rings. The molecule has 15 heavy (non-hydrogen) atoms. The van der Waals surface area contributed by atoms with E-state index in [9.17, 15) is 8.78 Å². The zero-order chi connectivity index (χ0) is 11.7. The van der Waals surface area contributed by atoms with Crippen LogP contribution in [0.2, 0.25) is 0 Å². The second-order valence-electron chi connectivity index (χ2n) is 4.63. The molecule has 1 aromatic carbocycles. The van der Waals surface area contributed by atoms with Gasteiger partial charge in [-0.1, -0.05) is 27.7 Å². The van der Waals surface area contributed by atoms with Gasteiger partial charge in [-0.15, -0.1) is 0 Å². The molecule has 0 saturated heterocycles. The predicted octanol–water partition coefficient (Wildman–Crippen LogP) is 4.52. The Morgan fingerprint density at radius 1 is 0.933 bits per heavy atom. The Morgan fingerprint density at radius 2 is 1.40 bits per heavy atom. The lowest BCUT2D eigenvalue weighted by molar-refractivity contribution is 0.488. The Hall–Kier alpha value is -0.920. The Morgan fingerprint density at radius 3 is 1.80 bits per heavy atom. The molecule has 0 bridgehead atoms. The molecule has 0 N–H and O–H groups in total. The van der Waals surface area contributed by atoms with Gasteiger partial charge in [-0.25, -0.2) is 8.78 Å². The zero-order valence-corrected chi connectivity index (χ0v) is 9.99. The summed E-state index contributed by atoms with van der Waals surface area (Å²) >= 11 is 0. The average molecular weight is 212 g/mol. The normalized spacial score (nSPS) is 11.5. The molecule has 0 aliphatic carbocycles. The van der Waals surface area contributed by atoms with Crippen molar-refractivity contribution in [1.29, 1.82) is 0 Å². The van der Waals surface area contributed by atoms with Gasteiger partial charge in [-0.05, 0) is 41.5 Å². The first-order valence-electron chi connectivity index (χ1n) is 5.34. The predicted molar refractivity (Wildman–Crippen MR) is 59.3 cm³/mol. The maximum atomic E-state index is 13.7. The summed E-state index contributed by atoms with van der Waals surface area (Å²) in [6.07, 6.45) is 0. The van der Waals surface area contributed by atoms with Crippen LogP contribution in [0.15, 0.2) is 6.07 Å². The summed E-state index contributed by atoms with van der Waals surface area (Å²) < 4.78 is 26.9. The maximum absolute atomic E-state index is 13.7. The van der Waals surface area contributed by atoms with Crippen molar-refractivity contribution in [3.63, 3.8) is 0 Å². The van der Waals surface area contributed by atoms with Gasteiger partial charge in [0.25, 0.3) is 0 Å². The molecule has 0 amide bonds. The fraction of sp³-hybridized carbons (Fsp3) is 0.538. The minimum atomic E-state index is -0.736. The molecule has 0 unspecified atom stereocenters. The third-order valence-corrected chi connectivity index (χ3v) is 2.66. The summed E-state index contributed by atoms with van der Waals surface area (Å²) in [4.78, 5) is 0. The van der Waals surface area contributed by atoms with Gasteiger partial charge in [-0.2, -0.15) is 0 Å². The summed E-state index contributed by atoms with van der Waals surface area (Å²) in [6.45, 7) is 9.63. The smallest absolute Gasteiger partial charge is 0.162 e. The van der Waals surface area contributed by atoms with E-state index >= 15 is 0 Å². The van der Waals surface area contributed by atoms with Crippen molar-refractivity contribution >= 4 is 0 Å². The second kappa shape index (κ2) is 4.30. The third kappa shape index (κ3) is 2.19. The van der Waals surface area contributed by atoms with Gasteiger partial charge in [0, 0.05) is 0 Å². The van der Waals surface area contributed by atoms with Gasteiger partial charge in [0.05, 0.1) is 0 Å². The lowest BCUT2D eigenvalue weighted by atomic mass is 9.87. The number of rotatable bonds is 2. The van der Waals surface area contributed by atoms with Crippen molar-refractivity contribution in [1.82, 2.24) is 0 Å².